The van der Waals surface area contributed by atoms with Gasteiger partial charge in [-0.1, -0.05) is 50.6 Å². The third-order valence-corrected chi connectivity index (χ3v) is 8.22. The second-order valence-electron chi connectivity index (χ2n) is 9.19. The number of nitrogens with one attached hydrogen (secondary N) is 1. The van der Waals surface area contributed by atoms with E-state index in [0.29, 0.717) is 25.1 Å². The number of rotatable bonds is 12. The summed E-state index contributed by atoms with van der Waals surface area (Å²) in [6.07, 6.45) is 7.94. The van der Waals surface area contributed by atoms with Gasteiger partial charge in [-0.15, -0.1) is 0 Å². The number of benzene rings is 1. The molecule has 190 valence electrons. The highest BCUT2D eigenvalue weighted by Gasteiger charge is 2.37. The van der Waals surface area contributed by atoms with Crippen molar-refractivity contribution in [2.24, 2.45) is 23.5 Å². The van der Waals surface area contributed by atoms with E-state index >= 15 is 0 Å². The molecule has 1 aliphatic rings. The highest BCUT2D eigenvalue weighted by Crippen LogP contribution is 2.32. The number of hydrogen-bond donors (Lipinski definition) is 4. The second kappa shape index (κ2) is 12.2. The minimum Gasteiger partial charge on any atom is -0.399 e. The number of carbonyl (C=O) groups is 1. The largest absolute Gasteiger partial charge is 0.399 e. The summed E-state index contributed by atoms with van der Waals surface area (Å²) in [6.45, 7) is 5.88. The first-order valence-electron chi connectivity index (χ1n) is 11.5. The Morgan fingerprint density at radius 3 is 2.44 bits per heavy atom. The van der Waals surface area contributed by atoms with Gasteiger partial charge in [-0.25, -0.2) is 8.42 Å². The molecule has 0 heterocycles. The van der Waals surface area contributed by atoms with Crippen LogP contribution >= 0.6 is 11.6 Å². The molecule has 0 spiro atoms. The molecular weight excluding hydrogens is 476 g/mol. The van der Waals surface area contributed by atoms with E-state index in [0.717, 1.165) is 0 Å². The van der Waals surface area contributed by atoms with Gasteiger partial charge < -0.3 is 21.9 Å². The Hall–Kier alpha value is -1.91. The number of anilines is 1. The van der Waals surface area contributed by atoms with Crippen molar-refractivity contribution in [1.29, 1.82) is 0 Å². The molecule has 1 aromatic carbocycles. The first-order valence-corrected chi connectivity index (χ1v) is 13.3. The summed E-state index contributed by atoms with van der Waals surface area (Å²) in [5.74, 6) is -0.922. The van der Waals surface area contributed by atoms with Crippen LogP contribution in [0.4, 0.5) is 5.69 Å². The summed E-state index contributed by atoms with van der Waals surface area (Å²) < 4.78 is 28.0. The number of aliphatic hydroxyl groups is 1. The molecule has 0 saturated heterocycles. The number of hydrogen-bond acceptors (Lipinski definition) is 6. The summed E-state index contributed by atoms with van der Waals surface area (Å²) in [6, 6.07) is 5.40. The van der Waals surface area contributed by atoms with Crippen molar-refractivity contribution in [2.75, 3.05) is 25.4 Å². The molecule has 0 saturated carbocycles. The molecule has 2 unspecified atom stereocenters. The Labute approximate surface area is 208 Å². The highest BCUT2D eigenvalue weighted by atomic mass is 35.5. The minimum absolute atomic E-state index is 0.0582. The monoisotopic (exact) mass is 512 g/mol. The Morgan fingerprint density at radius 1 is 1.24 bits per heavy atom. The average Bonchev–Trinajstić information content (AvgIpc) is 2.77. The van der Waals surface area contributed by atoms with E-state index < -0.39 is 27.0 Å². The Morgan fingerprint density at radius 2 is 1.88 bits per heavy atom. The molecule has 0 bridgehead atoms. The van der Waals surface area contributed by atoms with Gasteiger partial charge in [0.1, 0.15) is 5.00 Å². The lowest BCUT2D eigenvalue weighted by atomic mass is 9.83. The van der Waals surface area contributed by atoms with Crippen LogP contribution in [0.2, 0.25) is 0 Å². The molecule has 0 radical (unpaired) electrons. The van der Waals surface area contributed by atoms with Crippen LogP contribution in [0, 0.1) is 17.8 Å². The van der Waals surface area contributed by atoms with Crippen molar-refractivity contribution in [2.45, 2.75) is 49.5 Å². The molecule has 34 heavy (non-hydrogen) atoms. The van der Waals surface area contributed by atoms with Gasteiger partial charge in [-0.3, -0.25) is 4.79 Å². The number of nitrogens with two attached hydrogens (primary N) is 2. The maximum absolute atomic E-state index is 13.3. The predicted molar refractivity (Wildman–Crippen MR) is 136 cm³/mol. The van der Waals surface area contributed by atoms with Crippen molar-refractivity contribution in [3.05, 3.63) is 48.6 Å². The van der Waals surface area contributed by atoms with Gasteiger partial charge in [0.15, 0.2) is 0 Å². The fourth-order valence-corrected chi connectivity index (χ4v) is 6.12. The summed E-state index contributed by atoms with van der Waals surface area (Å²) in [5, 5.41) is 12.9. The zero-order valence-corrected chi connectivity index (χ0v) is 21.6. The lowest BCUT2D eigenvalue weighted by molar-refractivity contribution is -0.125. The molecule has 1 aromatic rings. The summed E-state index contributed by atoms with van der Waals surface area (Å²) in [4.78, 5) is 11.7. The van der Waals surface area contributed by atoms with Gasteiger partial charge in [0, 0.05) is 36.7 Å². The van der Waals surface area contributed by atoms with Gasteiger partial charge >= 0.3 is 0 Å². The van der Waals surface area contributed by atoms with Gasteiger partial charge in [-0.05, 0) is 49.1 Å². The lowest BCUT2D eigenvalue weighted by Gasteiger charge is -2.33. The van der Waals surface area contributed by atoms with Crippen LogP contribution in [-0.2, 0) is 14.8 Å². The van der Waals surface area contributed by atoms with E-state index in [1.54, 1.807) is 31.2 Å². The smallest absolute Gasteiger partial charge is 0.243 e. The quantitative estimate of drug-likeness (QED) is 0.147. The molecule has 4 atom stereocenters. The SMILES string of the molecule is CC(C)CN([C@H](CO)CCCNC(=O)[C@@H](C)C1C=CC=CC1(N)Cl)S(=O)(=O)c1ccc(N)cc1. The molecule has 8 nitrogen and oxygen atoms in total. The van der Waals surface area contributed by atoms with Gasteiger partial charge in [0.05, 0.1) is 11.5 Å². The third kappa shape index (κ3) is 7.29. The molecule has 1 aliphatic carbocycles. The number of carbonyl (C=O) groups excluding carboxylic acids is 1. The molecule has 0 fully saturated rings. The Bertz CT molecular complexity index is 977. The van der Waals surface area contributed by atoms with Crippen molar-refractivity contribution >= 4 is 33.2 Å². The number of amides is 1. The van der Waals surface area contributed by atoms with Crippen LogP contribution in [0.25, 0.3) is 0 Å². The van der Waals surface area contributed by atoms with Crippen LogP contribution < -0.4 is 16.8 Å². The molecule has 10 heteroatoms. The zero-order chi connectivity index (χ0) is 25.5. The van der Waals surface area contributed by atoms with E-state index in [4.69, 9.17) is 23.1 Å². The van der Waals surface area contributed by atoms with E-state index in [9.17, 15) is 18.3 Å². The molecule has 0 aromatic heterocycles. The average molecular weight is 513 g/mol. The van der Waals surface area contributed by atoms with Crippen molar-refractivity contribution < 1.29 is 18.3 Å². The minimum atomic E-state index is -3.83. The van der Waals surface area contributed by atoms with E-state index in [2.05, 4.69) is 5.32 Å². The van der Waals surface area contributed by atoms with Crippen LogP contribution in [0.1, 0.15) is 33.6 Å². The molecule has 2 rings (SSSR count). The van der Waals surface area contributed by atoms with E-state index in [-0.39, 0.29) is 35.8 Å². The number of alkyl halides is 1. The van der Waals surface area contributed by atoms with Crippen molar-refractivity contribution in [1.82, 2.24) is 9.62 Å². The third-order valence-electron chi connectivity index (χ3n) is 5.91. The standard InChI is InChI=1S/C24H37ClN4O4S/c1-17(2)15-29(34(32,33)21-11-9-19(26)10-12-21)20(16-30)7-6-14-28-23(31)18(3)22-8-4-5-13-24(22,25)27/h4-5,8-13,17-18,20,22,30H,6-7,14-16,26-27H2,1-3H3,(H,28,31)/t18-,20-,22?,24?/m0/s1. The van der Waals surface area contributed by atoms with Gasteiger partial charge in [-0.2, -0.15) is 4.31 Å². The highest BCUT2D eigenvalue weighted by molar-refractivity contribution is 7.89. The summed E-state index contributed by atoms with van der Waals surface area (Å²) in [5.41, 5.74) is 12.3. The first-order chi connectivity index (χ1) is 15.9. The van der Waals surface area contributed by atoms with E-state index in [1.807, 2.05) is 26.0 Å². The van der Waals surface area contributed by atoms with Crippen LogP contribution in [-0.4, -0.2) is 54.5 Å². The van der Waals surface area contributed by atoms with Crippen LogP contribution in [0.5, 0.6) is 0 Å². The maximum Gasteiger partial charge on any atom is 0.243 e. The van der Waals surface area contributed by atoms with Gasteiger partial charge in [0.25, 0.3) is 0 Å². The number of sulfonamides is 1. The molecule has 1 amide bonds. The number of aliphatic hydroxyl groups excluding tert-OH is 1. The first kappa shape index (κ1) is 28.3. The van der Waals surface area contributed by atoms with E-state index in [1.165, 1.54) is 16.4 Å². The number of halogens is 1. The lowest BCUT2D eigenvalue weighted by Crippen LogP contribution is -2.47. The molecule has 0 aliphatic heterocycles. The normalized spacial score (nSPS) is 22.2. The molecule has 6 N–H and O–H groups in total. The second-order valence-corrected chi connectivity index (χ2v) is 11.7. The van der Waals surface area contributed by atoms with Crippen LogP contribution in [0.15, 0.2) is 53.5 Å². The maximum atomic E-state index is 13.3. The fraction of sp³-hybridized carbons (Fsp3) is 0.542. The van der Waals surface area contributed by atoms with Crippen LogP contribution in [0.3, 0.4) is 0 Å². The summed E-state index contributed by atoms with van der Waals surface area (Å²) >= 11 is 6.34. The van der Waals surface area contributed by atoms with Gasteiger partial charge in [0.2, 0.25) is 15.9 Å². The fourth-order valence-electron chi connectivity index (χ4n) is 3.97. The number of allylic oxidation sites excluding steroid dienone is 2. The topological polar surface area (TPSA) is 139 Å². The predicted octanol–water partition coefficient (Wildman–Crippen LogP) is 2.44. The summed E-state index contributed by atoms with van der Waals surface area (Å²) in [7, 11) is -3.83. The Kier molecular flexibility index (Phi) is 10.1. The number of nitrogens with zero attached hydrogens (tertiary/aromatic N) is 1. The Balaban J connectivity index is 2.01. The van der Waals surface area contributed by atoms with Crippen molar-refractivity contribution in [3.63, 3.8) is 0 Å². The van der Waals surface area contributed by atoms with Crippen molar-refractivity contribution in [3.8, 4) is 0 Å². The number of nitrogen functional groups attached to an aromatic ring is 1. The molecular formula is C24H37ClN4O4S. The zero-order valence-electron chi connectivity index (χ0n) is 20.0.